The highest BCUT2D eigenvalue weighted by molar-refractivity contribution is 5.75. The topological polar surface area (TPSA) is 87.7 Å². The summed E-state index contributed by atoms with van der Waals surface area (Å²) in [6.07, 6.45) is 0.744. The molecule has 3 N–H and O–H groups in total. The van der Waals surface area contributed by atoms with Gasteiger partial charge in [0.1, 0.15) is 0 Å². The summed E-state index contributed by atoms with van der Waals surface area (Å²) in [5, 5.41) is 14.2. The van der Waals surface area contributed by atoms with E-state index in [0.29, 0.717) is 19.8 Å². The second-order valence-electron chi connectivity index (χ2n) is 4.38. The van der Waals surface area contributed by atoms with Crippen LogP contribution in [0.15, 0.2) is 0 Å². The average Bonchev–Trinajstić information content (AvgIpc) is 2.28. The number of rotatable bonds is 9. The Kier molecular flexibility index (Phi) is 9.00. The molecule has 1 atom stereocenters. The summed E-state index contributed by atoms with van der Waals surface area (Å²) in [6, 6.07) is -0.335. The molecule has 0 aromatic carbocycles. The van der Waals surface area contributed by atoms with Crippen molar-refractivity contribution in [1.82, 2.24) is 10.6 Å². The van der Waals surface area contributed by atoms with E-state index in [2.05, 4.69) is 10.6 Å². The molecule has 0 bridgehead atoms. The Hall–Kier alpha value is -1.30. The predicted molar refractivity (Wildman–Crippen MR) is 68.5 cm³/mol. The van der Waals surface area contributed by atoms with Crippen LogP contribution in [0, 0.1) is 11.8 Å². The molecule has 0 saturated carbocycles. The lowest BCUT2D eigenvalue weighted by Gasteiger charge is -2.16. The minimum Gasteiger partial charge on any atom is -0.481 e. The van der Waals surface area contributed by atoms with Crippen LogP contribution in [0.3, 0.4) is 0 Å². The maximum atomic E-state index is 11.4. The maximum Gasteiger partial charge on any atom is 0.314 e. The third-order valence-corrected chi connectivity index (χ3v) is 2.56. The normalized spacial score (nSPS) is 12.2. The highest BCUT2D eigenvalue weighted by Gasteiger charge is 2.21. The number of carbonyl (C=O) groups is 2. The zero-order chi connectivity index (χ0) is 14.0. The molecule has 0 fully saturated rings. The number of hydrogen-bond acceptors (Lipinski definition) is 3. The maximum absolute atomic E-state index is 11.4. The first-order valence-electron chi connectivity index (χ1n) is 6.31. The molecular formula is C12H24N2O4. The van der Waals surface area contributed by atoms with E-state index in [1.54, 1.807) is 0 Å². The van der Waals surface area contributed by atoms with Gasteiger partial charge in [-0.2, -0.15) is 0 Å². The van der Waals surface area contributed by atoms with Crippen LogP contribution in [0.5, 0.6) is 0 Å². The number of nitrogens with one attached hydrogen (secondary N) is 2. The van der Waals surface area contributed by atoms with Gasteiger partial charge in [-0.25, -0.2) is 4.79 Å². The lowest BCUT2D eigenvalue weighted by molar-refractivity contribution is -0.142. The van der Waals surface area contributed by atoms with Crippen LogP contribution in [0.2, 0.25) is 0 Å². The van der Waals surface area contributed by atoms with E-state index in [9.17, 15) is 9.59 Å². The van der Waals surface area contributed by atoms with Crippen molar-refractivity contribution in [3.8, 4) is 0 Å². The number of hydrogen-bond donors (Lipinski definition) is 3. The molecule has 0 aliphatic carbocycles. The van der Waals surface area contributed by atoms with Crippen molar-refractivity contribution in [3.63, 3.8) is 0 Å². The van der Waals surface area contributed by atoms with Crippen LogP contribution >= 0.6 is 0 Å². The van der Waals surface area contributed by atoms with Gasteiger partial charge in [-0.15, -0.1) is 0 Å². The van der Waals surface area contributed by atoms with E-state index >= 15 is 0 Å². The summed E-state index contributed by atoms with van der Waals surface area (Å²) in [5.41, 5.74) is 0. The van der Waals surface area contributed by atoms with Gasteiger partial charge >= 0.3 is 12.0 Å². The smallest absolute Gasteiger partial charge is 0.314 e. The lowest BCUT2D eigenvalue weighted by atomic mass is 9.96. The molecule has 0 spiro atoms. The van der Waals surface area contributed by atoms with Crippen LogP contribution in [-0.2, 0) is 9.53 Å². The van der Waals surface area contributed by atoms with Crippen LogP contribution in [0.25, 0.3) is 0 Å². The molecule has 0 aliphatic rings. The molecule has 0 rings (SSSR count). The van der Waals surface area contributed by atoms with Gasteiger partial charge in [0.2, 0.25) is 0 Å². The zero-order valence-electron chi connectivity index (χ0n) is 11.4. The first-order valence-corrected chi connectivity index (χ1v) is 6.31. The van der Waals surface area contributed by atoms with Gasteiger partial charge in [-0.3, -0.25) is 4.79 Å². The Morgan fingerprint density at radius 3 is 2.44 bits per heavy atom. The highest BCUT2D eigenvalue weighted by atomic mass is 16.5. The molecule has 2 amide bonds. The van der Waals surface area contributed by atoms with E-state index in [-0.39, 0.29) is 18.5 Å². The molecule has 0 aromatic heterocycles. The Labute approximate surface area is 108 Å². The number of aliphatic carboxylic acids is 1. The number of carboxylic acid groups (broad SMARTS) is 1. The molecule has 0 heterocycles. The fourth-order valence-electron chi connectivity index (χ4n) is 1.39. The molecular weight excluding hydrogens is 236 g/mol. The number of amides is 2. The van der Waals surface area contributed by atoms with Crippen molar-refractivity contribution in [2.24, 2.45) is 11.8 Å². The predicted octanol–water partition coefficient (Wildman–Crippen LogP) is 1.07. The van der Waals surface area contributed by atoms with Gasteiger partial charge in [0, 0.05) is 26.3 Å². The molecule has 0 radical (unpaired) electrons. The summed E-state index contributed by atoms with van der Waals surface area (Å²) in [7, 11) is 0. The lowest BCUT2D eigenvalue weighted by Crippen LogP contribution is -2.41. The van der Waals surface area contributed by atoms with Crippen LogP contribution in [-0.4, -0.2) is 43.4 Å². The Morgan fingerprint density at radius 1 is 1.28 bits per heavy atom. The zero-order valence-corrected chi connectivity index (χ0v) is 11.4. The van der Waals surface area contributed by atoms with Crippen LogP contribution in [0.4, 0.5) is 4.79 Å². The third kappa shape index (κ3) is 7.89. The standard InChI is InChI=1S/C12H24N2O4/c1-4-18-7-5-6-13-12(17)14-8-10(9(2)3)11(15)16/h9-10H,4-8H2,1-3H3,(H,15,16)(H2,13,14,17). The van der Waals surface area contributed by atoms with Gasteiger partial charge < -0.3 is 20.5 Å². The monoisotopic (exact) mass is 260 g/mol. The minimum absolute atomic E-state index is 0.0132. The number of carbonyl (C=O) groups excluding carboxylic acids is 1. The Bertz CT molecular complexity index is 256. The number of urea groups is 1. The number of carboxylic acids is 1. The highest BCUT2D eigenvalue weighted by Crippen LogP contribution is 2.09. The first kappa shape index (κ1) is 16.7. The van der Waals surface area contributed by atoms with Gasteiger partial charge in [0.15, 0.2) is 0 Å². The molecule has 0 aliphatic heterocycles. The van der Waals surface area contributed by atoms with Crippen molar-refractivity contribution in [1.29, 1.82) is 0 Å². The quantitative estimate of drug-likeness (QED) is 0.541. The Balaban J connectivity index is 3.71. The molecule has 0 aromatic rings. The second kappa shape index (κ2) is 9.70. The van der Waals surface area contributed by atoms with Gasteiger partial charge in [0.05, 0.1) is 5.92 Å². The van der Waals surface area contributed by atoms with Crippen molar-refractivity contribution >= 4 is 12.0 Å². The van der Waals surface area contributed by atoms with Crippen molar-refractivity contribution < 1.29 is 19.4 Å². The largest absolute Gasteiger partial charge is 0.481 e. The van der Waals surface area contributed by atoms with E-state index in [4.69, 9.17) is 9.84 Å². The van der Waals surface area contributed by atoms with E-state index in [1.807, 2.05) is 20.8 Å². The SMILES string of the molecule is CCOCCCNC(=O)NCC(C(=O)O)C(C)C. The first-order chi connectivity index (χ1) is 8.49. The fourth-order valence-corrected chi connectivity index (χ4v) is 1.39. The molecule has 0 saturated heterocycles. The molecule has 1 unspecified atom stereocenters. The number of ether oxygens (including phenoxy) is 1. The average molecular weight is 260 g/mol. The van der Waals surface area contributed by atoms with Crippen LogP contribution < -0.4 is 10.6 Å². The summed E-state index contributed by atoms with van der Waals surface area (Å²) < 4.78 is 5.13. The molecule has 6 nitrogen and oxygen atoms in total. The summed E-state index contributed by atoms with van der Waals surface area (Å²) in [4.78, 5) is 22.3. The minimum atomic E-state index is -0.887. The van der Waals surface area contributed by atoms with E-state index in [0.717, 1.165) is 6.42 Å². The second-order valence-corrected chi connectivity index (χ2v) is 4.38. The van der Waals surface area contributed by atoms with E-state index < -0.39 is 11.9 Å². The van der Waals surface area contributed by atoms with Crippen molar-refractivity contribution in [2.45, 2.75) is 27.2 Å². The van der Waals surface area contributed by atoms with Gasteiger partial charge in [-0.1, -0.05) is 13.8 Å². The molecule has 6 heteroatoms. The van der Waals surface area contributed by atoms with Crippen molar-refractivity contribution in [2.75, 3.05) is 26.3 Å². The van der Waals surface area contributed by atoms with Gasteiger partial charge in [0.25, 0.3) is 0 Å². The fraction of sp³-hybridized carbons (Fsp3) is 0.833. The Morgan fingerprint density at radius 2 is 1.94 bits per heavy atom. The summed E-state index contributed by atoms with van der Waals surface area (Å²) in [6.45, 7) is 7.50. The van der Waals surface area contributed by atoms with Crippen LogP contribution in [0.1, 0.15) is 27.2 Å². The van der Waals surface area contributed by atoms with E-state index in [1.165, 1.54) is 0 Å². The summed E-state index contributed by atoms with van der Waals surface area (Å²) in [5.74, 6) is -1.46. The van der Waals surface area contributed by atoms with Gasteiger partial charge in [-0.05, 0) is 19.3 Å². The molecule has 18 heavy (non-hydrogen) atoms. The third-order valence-electron chi connectivity index (χ3n) is 2.56. The van der Waals surface area contributed by atoms with Crippen molar-refractivity contribution in [3.05, 3.63) is 0 Å². The molecule has 106 valence electrons. The summed E-state index contributed by atoms with van der Waals surface area (Å²) >= 11 is 0.